The summed E-state index contributed by atoms with van der Waals surface area (Å²) in [6.45, 7) is 4.27. The zero-order valence-electron chi connectivity index (χ0n) is 14.0. The van der Waals surface area contributed by atoms with Gasteiger partial charge in [-0.05, 0) is 38.1 Å². The molecule has 2 aromatic rings. The Hall–Kier alpha value is -2.26. The van der Waals surface area contributed by atoms with Crippen molar-refractivity contribution in [1.29, 1.82) is 0 Å². The van der Waals surface area contributed by atoms with Crippen molar-refractivity contribution in [2.75, 3.05) is 23.7 Å². The van der Waals surface area contributed by atoms with E-state index < -0.39 is 27.3 Å². The predicted octanol–water partition coefficient (Wildman–Crippen LogP) is 3.00. The van der Waals surface area contributed by atoms with Crippen LogP contribution in [0.3, 0.4) is 0 Å². The molecule has 136 valence electrons. The molecule has 0 aliphatic heterocycles. The van der Waals surface area contributed by atoms with Gasteiger partial charge in [0.1, 0.15) is 10.7 Å². The number of nitrogens with zero attached hydrogens (tertiary/aromatic N) is 1. The van der Waals surface area contributed by atoms with Gasteiger partial charge in [0.05, 0.1) is 11.3 Å². The molecule has 0 aliphatic rings. The summed E-state index contributed by atoms with van der Waals surface area (Å²) in [4.78, 5) is 3.93. The van der Waals surface area contributed by atoms with E-state index in [1.54, 1.807) is 7.11 Å². The highest BCUT2D eigenvalue weighted by molar-refractivity contribution is 7.92. The van der Waals surface area contributed by atoms with Gasteiger partial charge in [-0.25, -0.2) is 22.2 Å². The minimum Gasteiger partial charge on any atom is -0.377 e. The summed E-state index contributed by atoms with van der Waals surface area (Å²) >= 11 is 0. The Kier molecular flexibility index (Phi) is 5.58. The molecule has 0 unspecified atom stereocenters. The van der Waals surface area contributed by atoms with Gasteiger partial charge in [0.2, 0.25) is 0 Å². The number of anilines is 2. The Bertz CT molecular complexity index is 840. The number of hydrogen-bond acceptors (Lipinski definition) is 5. The number of rotatable bonds is 7. The van der Waals surface area contributed by atoms with Crippen LogP contribution in [-0.2, 0) is 14.8 Å². The van der Waals surface area contributed by atoms with E-state index in [9.17, 15) is 17.2 Å². The molecule has 25 heavy (non-hydrogen) atoms. The topological polar surface area (TPSA) is 80.3 Å². The summed E-state index contributed by atoms with van der Waals surface area (Å²) in [5, 5.41) is 3.04. The van der Waals surface area contributed by atoms with Crippen molar-refractivity contribution in [2.24, 2.45) is 0 Å². The van der Waals surface area contributed by atoms with Gasteiger partial charge >= 0.3 is 0 Å². The first-order chi connectivity index (χ1) is 11.6. The average Bonchev–Trinajstić information content (AvgIpc) is 2.56. The van der Waals surface area contributed by atoms with Crippen LogP contribution in [0.1, 0.15) is 13.8 Å². The Labute approximate surface area is 145 Å². The van der Waals surface area contributed by atoms with Crippen LogP contribution in [0.5, 0.6) is 0 Å². The van der Waals surface area contributed by atoms with Crippen molar-refractivity contribution in [2.45, 2.75) is 24.3 Å². The molecular weight excluding hydrogens is 352 g/mol. The molecule has 0 saturated carbocycles. The van der Waals surface area contributed by atoms with Gasteiger partial charge in [-0.15, -0.1) is 0 Å². The van der Waals surface area contributed by atoms with Crippen LogP contribution in [0.4, 0.5) is 20.3 Å². The molecule has 0 bridgehead atoms. The highest BCUT2D eigenvalue weighted by atomic mass is 32.2. The summed E-state index contributed by atoms with van der Waals surface area (Å²) in [7, 11) is -2.37. The number of methoxy groups -OCH3 is 1. The van der Waals surface area contributed by atoms with Crippen molar-refractivity contribution in [3.8, 4) is 0 Å². The Morgan fingerprint density at radius 2 is 1.88 bits per heavy atom. The minimum absolute atomic E-state index is 0.0806. The van der Waals surface area contributed by atoms with E-state index in [4.69, 9.17) is 4.74 Å². The third-order valence-electron chi connectivity index (χ3n) is 3.47. The van der Waals surface area contributed by atoms with E-state index in [1.807, 2.05) is 13.8 Å². The molecule has 0 fully saturated rings. The fraction of sp³-hybridized carbons (Fsp3) is 0.312. The molecule has 0 spiro atoms. The molecule has 2 rings (SSSR count). The summed E-state index contributed by atoms with van der Waals surface area (Å²) in [6.07, 6.45) is 1.17. The largest absolute Gasteiger partial charge is 0.377 e. The predicted molar refractivity (Wildman–Crippen MR) is 91.0 cm³/mol. The van der Waals surface area contributed by atoms with Crippen LogP contribution in [0, 0.1) is 11.6 Å². The second-order valence-electron chi connectivity index (χ2n) is 5.93. The maximum absolute atomic E-state index is 13.2. The van der Waals surface area contributed by atoms with Gasteiger partial charge in [0.15, 0.2) is 11.6 Å². The van der Waals surface area contributed by atoms with E-state index in [2.05, 4.69) is 15.0 Å². The number of aromatic nitrogens is 1. The zero-order chi connectivity index (χ0) is 18.7. The van der Waals surface area contributed by atoms with Gasteiger partial charge in [0.25, 0.3) is 10.0 Å². The smallest absolute Gasteiger partial charge is 0.263 e. The molecule has 2 N–H and O–H groups in total. The van der Waals surface area contributed by atoms with Gasteiger partial charge < -0.3 is 10.1 Å². The number of halogens is 2. The van der Waals surface area contributed by atoms with Crippen molar-refractivity contribution >= 4 is 21.5 Å². The van der Waals surface area contributed by atoms with E-state index >= 15 is 0 Å². The second-order valence-corrected chi connectivity index (χ2v) is 7.61. The zero-order valence-corrected chi connectivity index (χ0v) is 14.8. The SMILES string of the molecule is COC(C)(C)CNc1ccc(S(=O)(=O)Nc2ccc(F)c(F)c2)cn1. The van der Waals surface area contributed by atoms with Crippen molar-refractivity contribution < 1.29 is 21.9 Å². The number of sulfonamides is 1. The first-order valence-corrected chi connectivity index (χ1v) is 8.84. The lowest BCUT2D eigenvalue weighted by atomic mass is 10.1. The minimum atomic E-state index is -3.96. The standard InChI is InChI=1S/C16H19F2N3O3S/c1-16(2,24-3)10-20-15-7-5-12(9-19-15)25(22,23)21-11-4-6-13(17)14(18)8-11/h4-9,21H,10H2,1-3H3,(H,19,20). The Morgan fingerprint density at radius 1 is 1.16 bits per heavy atom. The highest BCUT2D eigenvalue weighted by Gasteiger charge is 2.18. The van der Waals surface area contributed by atoms with Gasteiger partial charge in [0, 0.05) is 25.9 Å². The second kappa shape index (κ2) is 7.32. The molecule has 6 nitrogen and oxygen atoms in total. The Balaban J connectivity index is 2.10. The maximum atomic E-state index is 13.2. The third-order valence-corrected chi connectivity index (χ3v) is 4.83. The quantitative estimate of drug-likeness (QED) is 0.782. The molecular formula is C16H19F2N3O3S. The molecule has 0 atom stereocenters. The molecule has 0 aliphatic carbocycles. The number of ether oxygens (including phenoxy) is 1. The number of benzene rings is 1. The monoisotopic (exact) mass is 371 g/mol. The number of pyridine rings is 1. The fourth-order valence-electron chi connectivity index (χ4n) is 1.79. The molecule has 1 aromatic heterocycles. The van der Waals surface area contributed by atoms with Gasteiger partial charge in [-0.3, -0.25) is 4.72 Å². The van der Waals surface area contributed by atoms with E-state index in [-0.39, 0.29) is 10.6 Å². The number of nitrogens with one attached hydrogen (secondary N) is 2. The summed E-state index contributed by atoms with van der Waals surface area (Å²) < 4.78 is 58.1. The van der Waals surface area contributed by atoms with Crippen LogP contribution < -0.4 is 10.0 Å². The lowest BCUT2D eigenvalue weighted by molar-refractivity contribution is 0.0343. The fourth-order valence-corrected chi connectivity index (χ4v) is 2.79. The van der Waals surface area contributed by atoms with Crippen LogP contribution >= 0.6 is 0 Å². The molecule has 0 saturated heterocycles. The average molecular weight is 371 g/mol. The molecule has 1 heterocycles. The van der Waals surface area contributed by atoms with E-state index in [0.29, 0.717) is 12.4 Å². The van der Waals surface area contributed by atoms with Gasteiger partial charge in [-0.1, -0.05) is 0 Å². The van der Waals surface area contributed by atoms with E-state index in [0.717, 1.165) is 18.2 Å². The van der Waals surface area contributed by atoms with Crippen molar-refractivity contribution in [1.82, 2.24) is 4.98 Å². The lowest BCUT2D eigenvalue weighted by Crippen LogP contribution is -2.32. The van der Waals surface area contributed by atoms with Gasteiger partial charge in [-0.2, -0.15) is 0 Å². The first-order valence-electron chi connectivity index (χ1n) is 7.36. The van der Waals surface area contributed by atoms with Crippen molar-refractivity contribution in [3.63, 3.8) is 0 Å². The van der Waals surface area contributed by atoms with Crippen LogP contribution in [0.15, 0.2) is 41.4 Å². The lowest BCUT2D eigenvalue weighted by Gasteiger charge is -2.23. The summed E-state index contributed by atoms with van der Waals surface area (Å²) in [6, 6.07) is 5.61. The molecule has 0 radical (unpaired) electrons. The summed E-state index contributed by atoms with van der Waals surface area (Å²) in [5.74, 6) is -1.71. The number of hydrogen-bond donors (Lipinski definition) is 2. The normalized spacial score (nSPS) is 12.0. The Morgan fingerprint density at radius 3 is 2.44 bits per heavy atom. The summed E-state index contributed by atoms with van der Waals surface area (Å²) in [5.41, 5.74) is -0.483. The van der Waals surface area contributed by atoms with E-state index in [1.165, 1.54) is 18.3 Å². The molecule has 9 heteroatoms. The maximum Gasteiger partial charge on any atom is 0.263 e. The van der Waals surface area contributed by atoms with Crippen LogP contribution in [0.25, 0.3) is 0 Å². The van der Waals surface area contributed by atoms with Crippen molar-refractivity contribution in [3.05, 3.63) is 48.2 Å². The van der Waals surface area contributed by atoms with Crippen LogP contribution in [0.2, 0.25) is 0 Å². The molecule has 1 aromatic carbocycles. The highest BCUT2D eigenvalue weighted by Crippen LogP contribution is 2.19. The first kappa shape index (κ1) is 19.1. The van der Waals surface area contributed by atoms with Crippen LogP contribution in [-0.4, -0.2) is 32.7 Å². The third kappa shape index (κ3) is 5.10. The molecule has 0 amide bonds.